The molecule has 0 bridgehead atoms. The van der Waals surface area contributed by atoms with Gasteiger partial charge < -0.3 is 9.80 Å². The smallest absolute Gasteiger partial charge is 0.184 e. The largest absolute Gasteiger partial charge is 0.369 e. The van der Waals surface area contributed by atoms with E-state index in [1.807, 2.05) is 51.1 Å². The molecule has 168 valence electrons. The molecule has 2 aromatic rings. The molecular formula is C27H34N4O. The zero-order chi connectivity index (χ0) is 23.3. The zero-order valence-electron chi connectivity index (χ0n) is 19.7. The Hall–Kier alpha value is -2.97. The summed E-state index contributed by atoms with van der Waals surface area (Å²) in [7, 11) is 2.15. The fraction of sp³-hybridized carbons (Fsp3) is 0.444. The third kappa shape index (κ3) is 5.83. The molecule has 1 aliphatic heterocycles. The first kappa shape index (κ1) is 23.7. The van der Waals surface area contributed by atoms with Gasteiger partial charge in [-0.15, -0.1) is 0 Å². The van der Waals surface area contributed by atoms with Crippen LogP contribution in [-0.4, -0.2) is 49.6 Å². The van der Waals surface area contributed by atoms with Gasteiger partial charge in [0.15, 0.2) is 5.78 Å². The number of carbonyl (C=O) groups is 1. The van der Waals surface area contributed by atoms with E-state index >= 15 is 0 Å². The fourth-order valence-electron chi connectivity index (χ4n) is 4.19. The summed E-state index contributed by atoms with van der Waals surface area (Å²) in [4.78, 5) is 17.8. The molecule has 1 aliphatic rings. The number of benzene rings is 2. The molecule has 32 heavy (non-hydrogen) atoms. The maximum absolute atomic E-state index is 13.1. The van der Waals surface area contributed by atoms with Crippen molar-refractivity contribution in [3.8, 4) is 6.07 Å². The zero-order valence-corrected chi connectivity index (χ0v) is 19.7. The first-order valence-corrected chi connectivity index (χ1v) is 11.3. The van der Waals surface area contributed by atoms with E-state index in [2.05, 4.69) is 41.1 Å². The van der Waals surface area contributed by atoms with Crippen LogP contribution < -0.4 is 4.90 Å². The van der Waals surface area contributed by atoms with E-state index < -0.39 is 5.41 Å². The predicted molar refractivity (Wildman–Crippen MR) is 130 cm³/mol. The van der Waals surface area contributed by atoms with Crippen LogP contribution in [0.25, 0.3) is 0 Å². The molecule has 0 spiro atoms. The van der Waals surface area contributed by atoms with Crippen LogP contribution in [0.5, 0.6) is 0 Å². The van der Waals surface area contributed by atoms with Crippen molar-refractivity contribution in [2.24, 2.45) is 11.3 Å². The Labute approximate surface area is 192 Å². The summed E-state index contributed by atoms with van der Waals surface area (Å²) in [5.74, 6) is -0.406. The van der Waals surface area contributed by atoms with Gasteiger partial charge in [0.25, 0.3) is 0 Å². The average Bonchev–Trinajstić information content (AvgIpc) is 2.79. The van der Waals surface area contributed by atoms with Gasteiger partial charge in [0.1, 0.15) is 5.71 Å². The van der Waals surface area contributed by atoms with E-state index in [0.29, 0.717) is 18.4 Å². The van der Waals surface area contributed by atoms with E-state index in [-0.39, 0.29) is 17.4 Å². The first-order chi connectivity index (χ1) is 15.2. The number of nitrogens with zero attached hydrogens (tertiary/aromatic N) is 3. The topological polar surface area (TPSA) is 71.2 Å². The summed E-state index contributed by atoms with van der Waals surface area (Å²) in [5.41, 5.74) is 3.66. The standard InChI is InChI=1S/C27H34N4O/c1-20(17-23-7-5-6-8-24(23)31-15-13-30(4)14-16-31)26(32)25(29)22-11-9-21(10-12-22)18-27(2,3)19-28/h5-12,20,29H,13-18H2,1-4H3. The average molecular weight is 431 g/mol. The molecule has 1 saturated heterocycles. The Kier molecular flexibility index (Phi) is 7.48. The van der Waals surface area contributed by atoms with Crippen molar-refractivity contribution in [1.29, 1.82) is 10.7 Å². The molecule has 5 nitrogen and oxygen atoms in total. The molecule has 3 rings (SSSR count). The SMILES string of the molecule is CC(Cc1ccccc1N1CCN(C)CC1)C(=O)C(=N)c1ccc(CC(C)(C)C#N)cc1. The van der Waals surface area contributed by atoms with Crippen molar-refractivity contribution >= 4 is 17.2 Å². The van der Waals surface area contributed by atoms with Crippen LogP contribution in [0.15, 0.2) is 48.5 Å². The summed E-state index contributed by atoms with van der Waals surface area (Å²) in [6, 6.07) is 18.1. The lowest BCUT2D eigenvalue weighted by Crippen LogP contribution is -2.44. The molecule has 0 radical (unpaired) electrons. The lowest BCUT2D eigenvalue weighted by atomic mass is 9.86. The van der Waals surface area contributed by atoms with Crippen molar-refractivity contribution < 1.29 is 4.79 Å². The Morgan fingerprint density at radius 3 is 2.34 bits per heavy atom. The number of anilines is 1. The number of carbonyl (C=O) groups excluding carboxylic acids is 1. The number of likely N-dealkylation sites (N-methyl/N-ethyl adjacent to an activating group) is 1. The molecule has 1 N–H and O–H groups in total. The predicted octanol–water partition coefficient (Wildman–Crippen LogP) is 4.35. The number of piperazine rings is 1. The second kappa shape index (κ2) is 10.1. The van der Waals surface area contributed by atoms with Crippen LogP contribution in [0, 0.1) is 28.1 Å². The molecule has 1 fully saturated rings. The number of hydrogen-bond acceptors (Lipinski definition) is 5. The van der Waals surface area contributed by atoms with Gasteiger partial charge in [-0.1, -0.05) is 49.4 Å². The molecule has 1 atom stereocenters. The Morgan fingerprint density at radius 2 is 1.72 bits per heavy atom. The van der Waals surface area contributed by atoms with Gasteiger partial charge in [0.2, 0.25) is 0 Å². The van der Waals surface area contributed by atoms with Crippen molar-refractivity contribution in [3.63, 3.8) is 0 Å². The van der Waals surface area contributed by atoms with Gasteiger partial charge in [-0.25, -0.2) is 0 Å². The number of Topliss-reactive ketones (excluding diaryl/α,β-unsaturated/α-hetero) is 1. The highest BCUT2D eigenvalue weighted by atomic mass is 16.1. The summed E-state index contributed by atoms with van der Waals surface area (Å²) < 4.78 is 0. The summed E-state index contributed by atoms with van der Waals surface area (Å²) in [6.45, 7) is 9.79. The van der Waals surface area contributed by atoms with Gasteiger partial charge in [-0.2, -0.15) is 5.26 Å². The van der Waals surface area contributed by atoms with Crippen LogP contribution >= 0.6 is 0 Å². The highest BCUT2D eigenvalue weighted by Gasteiger charge is 2.23. The molecule has 0 saturated carbocycles. The maximum Gasteiger partial charge on any atom is 0.184 e. The van der Waals surface area contributed by atoms with Gasteiger partial charge in [-0.05, 0) is 50.9 Å². The second-order valence-electron chi connectivity index (χ2n) is 9.63. The number of nitrogens with one attached hydrogen (secondary N) is 1. The van der Waals surface area contributed by atoms with Gasteiger partial charge in [-0.3, -0.25) is 10.2 Å². The van der Waals surface area contributed by atoms with E-state index in [4.69, 9.17) is 5.41 Å². The number of hydrogen-bond donors (Lipinski definition) is 1. The minimum Gasteiger partial charge on any atom is -0.369 e. The van der Waals surface area contributed by atoms with Crippen molar-refractivity contribution in [3.05, 3.63) is 65.2 Å². The minimum absolute atomic E-state index is 0.0562. The third-order valence-electron chi connectivity index (χ3n) is 6.25. The molecule has 2 aromatic carbocycles. The fourth-order valence-corrected chi connectivity index (χ4v) is 4.19. The molecule has 0 amide bonds. The van der Waals surface area contributed by atoms with Gasteiger partial charge >= 0.3 is 0 Å². The summed E-state index contributed by atoms with van der Waals surface area (Å²) in [5, 5.41) is 17.7. The van der Waals surface area contributed by atoms with E-state index in [9.17, 15) is 10.1 Å². The summed E-state index contributed by atoms with van der Waals surface area (Å²) in [6.07, 6.45) is 1.27. The maximum atomic E-state index is 13.1. The quantitative estimate of drug-likeness (QED) is 0.632. The lowest BCUT2D eigenvalue weighted by Gasteiger charge is -2.35. The van der Waals surface area contributed by atoms with E-state index in [1.165, 1.54) is 11.3 Å². The van der Waals surface area contributed by atoms with E-state index in [0.717, 1.165) is 31.7 Å². The van der Waals surface area contributed by atoms with Crippen LogP contribution in [0.2, 0.25) is 0 Å². The molecule has 1 unspecified atom stereocenters. The molecule has 0 aromatic heterocycles. The lowest BCUT2D eigenvalue weighted by molar-refractivity contribution is -0.116. The molecular weight excluding hydrogens is 396 g/mol. The Balaban J connectivity index is 1.67. The van der Waals surface area contributed by atoms with Crippen molar-refractivity contribution in [2.75, 3.05) is 38.1 Å². The van der Waals surface area contributed by atoms with Crippen LogP contribution in [0.3, 0.4) is 0 Å². The van der Waals surface area contributed by atoms with Crippen LogP contribution in [0.1, 0.15) is 37.5 Å². The Bertz CT molecular complexity index is 995. The third-order valence-corrected chi connectivity index (χ3v) is 6.25. The number of nitriles is 1. The molecule has 1 heterocycles. The first-order valence-electron chi connectivity index (χ1n) is 11.3. The Morgan fingerprint density at radius 1 is 1.09 bits per heavy atom. The highest BCUT2D eigenvalue weighted by Crippen LogP contribution is 2.25. The van der Waals surface area contributed by atoms with Gasteiger partial charge in [0.05, 0.1) is 11.5 Å². The highest BCUT2D eigenvalue weighted by molar-refractivity contribution is 6.45. The summed E-state index contributed by atoms with van der Waals surface area (Å²) >= 11 is 0. The normalized spacial score (nSPS) is 15.8. The monoisotopic (exact) mass is 430 g/mol. The number of ketones is 1. The van der Waals surface area contributed by atoms with E-state index in [1.54, 1.807) is 0 Å². The second-order valence-corrected chi connectivity index (χ2v) is 9.63. The van der Waals surface area contributed by atoms with Crippen LogP contribution in [0.4, 0.5) is 5.69 Å². The minimum atomic E-state index is -0.434. The number of para-hydroxylation sites is 1. The number of rotatable bonds is 8. The van der Waals surface area contributed by atoms with Crippen LogP contribution in [-0.2, 0) is 17.6 Å². The van der Waals surface area contributed by atoms with Gasteiger partial charge in [0, 0.05) is 43.3 Å². The van der Waals surface area contributed by atoms with Crippen molar-refractivity contribution in [1.82, 2.24) is 4.90 Å². The molecule has 0 aliphatic carbocycles. The molecule has 5 heteroatoms. The van der Waals surface area contributed by atoms with Crippen molar-refractivity contribution in [2.45, 2.75) is 33.6 Å².